The maximum Gasteiger partial charge on any atom is 0.251 e. The summed E-state index contributed by atoms with van der Waals surface area (Å²) in [5.74, 6) is 0.0961. The van der Waals surface area contributed by atoms with E-state index in [-0.39, 0.29) is 16.8 Å². The first-order valence-electron chi connectivity index (χ1n) is 8.13. The van der Waals surface area contributed by atoms with Gasteiger partial charge in [-0.1, -0.05) is 19.9 Å². The number of carbonyl (C=O) groups excluding carboxylic acids is 1. The van der Waals surface area contributed by atoms with E-state index in [2.05, 4.69) is 24.1 Å². The minimum Gasteiger partial charge on any atom is -0.343 e. The van der Waals surface area contributed by atoms with E-state index in [4.69, 9.17) is 0 Å². The molecule has 25 heavy (non-hydrogen) atoms. The molecule has 1 amide bonds. The van der Waals surface area contributed by atoms with Crippen molar-refractivity contribution in [2.24, 2.45) is 5.92 Å². The third kappa shape index (κ3) is 5.12. The summed E-state index contributed by atoms with van der Waals surface area (Å²) in [5, 5.41) is 3.90. The Hall–Kier alpha value is -1.73. The minimum absolute atomic E-state index is 0.140. The zero-order chi connectivity index (χ0) is 18.8. The summed E-state index contributed by atoms with van der Waals surface area (Å²) >= 11 is 1.59. The second-order valence-corrected chi connectivity index (χ2v) is 9.90. The minimum atomic E-state index is -3.35. The van der Waals surface area contributed by atoms with Crippen LogP contribution < -0.4 is 5.32 Å². The van der Waals surface area contributed by atoms with Crippen LogP contribution in [0.25, 0.3) is 0 Å². The highest BCUT2D eigenvalue weighted by molar-refractivity contribution is 7.90. The van der Waals surface area contributed by atoms with Gasteiger partial charge >= 0.3 is 0 Å². The van der Waals surface area contributed by atoms with Crippen molar-refractivity contribution < 1.29 is 13.2 Å². The van der Waals surface area contributed by atoms with Crippen LogP contribution in [-0.4, -0.2) is 25.6 Å². The number of benzene rings is 1. The van der Waals surface area contributed by atoms with Gasteiger partial charge in [-0.25, -0.2) is 13.4 Å². The fourth-order valence-corrected chi connectivity index (χ4v) is 4.10. The molecule has 1 unspecified atom stereocenters. The van der Waals surface area contributed by atoms with E-state index in [1.807, 2.05) is 13.8 Å². The molecule has 5 nitrogen and oxygen atoms in total. The van der Waals surface area contributed by atoms with Gasteiger partial charge in [-0.05, 0) is 44.4 Å². The molecule has 1 aromatic heterocycles. The molecule has 0 saturated carbocycles. The van der Waals surface area contributed by atoms with Gasteiger partial charge in [0.25, 0.3) is 5.91 Å². The van der Waals surface area contributed by atoms with E-state index >= 15 is 0 Å². The zero-order valence-corrected chi connectivity index (χ0v) is 16.8. The summed E-state index contributed by atoms with van der Waals surface area (Å²) in [6, 6.07) is 5.92. The monoisotopic (exact) mass is 380 g/mol. The molecule has 0 fully saturated rings. The lowest BCUT2D eigenvalue weighted by atomic mass is 10.0. The third-order valence-electron chi connectivity index (χ3n) is 3.88. The van der Waals surface area contributed by atoms with E-state index < -0.39 is 9.84 Å². The Morgan fingerprint density at radius 2 is 1.96 bits per heavy atom. The highest BCUT2D eigenvalue weighted by Crippen LogP contribution is 2.28. The predicted molar refractivity (Wildman–Crippen MR) is 101 cm³/mol. The van der Waals surface area contributed by atoms with Crippen molar-refractivity contribution in [2.45, 2.75) is 45.1 Å². The van der Waals surface area contributed by atoms with Crippen molar-refractivity contribution in [3.8, 4) is 0 Å². The molecule has 0 radical (unpaired) electrons. The lowest BCUT2D eigenvalue weighted by Crippen LogP contribution is -2.29. The second-order valence-electron chi connectivity index (χ2n) is 6.65. The average Bonchev–Trinajstić information content (AvgIpc) is 2.85. The molecule has 0 bridgehead atoms. The Morgan fingerprint density at radius 1 is 1.28 bits per heavy atom. The molecular weight excluding hydrogens is 356 g/mol. The summed E-state index contributed by atoms with van der Waals surface area (Å²) in [5.41, 5.74) is 1.31. The summed E-state index contributed by atoms with van der Waals surface area (Å²) in [6.07, 6.45) is 1.90. The number of nitrogens with one attached hydrogen (secondary N) is 1. The Balaban J connectivity index is 2.28. The third-order valence-corrected chi connectivity index (χ3v) is 6.18. The van der Waals surface area contributed by atoms with Gasteiger partial charge in [0.2, 0.25) is 0 Å². The molecule has 1 atom stereocenters. The van der Waals surface area contributed by atoms with Crippen LogP contribution in [0.2, 0.25) is 0 Å². The number of hydrogen-bond donors (Lipinski definition) is 1. The van der Waals surface area contributed by atoms with Crippen molar-refractivity contribution in [3.63, 3.8) is 0 Å². The zero-order valence-electron chi connectivity index (χ0n) is 15.2. The van der Waals surface area contributed by atoms with Gasteiger partial charge in [0.15, 0.2) is 9.84 Å². The van der Waals surface area contributed by atoms with E-state index in [9.17, 15) is 13.2 Å². The molecule has 1 N–H and O–H groups in total. The number of aromatic nitrogens is 1. The Labute approximate surface area is 153 Å². The fraction of sp³-hybridized carbons (Fsp3) is 0.444. The number of sulfone groups is 1. The highest BCUT2D eigenvalue weighted by Gasteiger charge is 2.21. The number of thiazole rings is 1. The SMILES string of the molecule is Cc1nc(C(CC(C)C)NC(=O)c2cccc(S(C)(=O)=O)c2)sc1C. The molecule has 0 aliphatic heterocycles. The molecule has 0 spiro atoms. The second kappa shape index (κ2) is 7.66. The van der Waals surface area contributed by atoms with E-state index in [1.54, 1.807) is 23.5 Å². The molecule has 2 aromatic rings. The van der Waals surface area contributed by atoms with Crippen molar-refractivity contribution in [3.05, 3.63) is 45.4 Å². The van der Waals surface area contributed by atoms with Gasteiger partial charge in [-0.2, -0.15) is 0 Å². The van der Waals surface area contributed by atoms with Crippen LogP contribution in [0.15, 0.2) is 29.2 Å². The smallest absolute Gasteiger partial charge is 0.251 e. The largest absolute Gasteiger partial charge is 0.343 e. The molecule has 7 heteroatoms. The Bertz CT molecular complexity index is 851. The summed E-state index contributed by atoms with van der Waals surface area (Å²) in [7, 11) is -3.35. The number of rotatable bonds is 6. The first-order chi connectivity index (χ1) is 11.6. The van der Waals surface area contributed by atoms with Crippen molar-refractivity contribution >= 4 is 27.1 Å². The standard InChI is InChI=1S/C18H24N2O3S2/c1-11(2)9-16(18-19-12(3)13(4)24-18)20-17(21)14-7-6-8-15(10-14)25(5,22)23/h6-8,10-11,16H,9H2,1-5H3,(H,20,21). The van der Waals surface area contributed by atoms with Crippen molar-refractivity contribution in [1.82, 2.24) is 10.3 Å². The first-order valence-corrected chi connectivity index (χ1v) is 10.8. The molecule has 1 aromatic carbocycles. The van der Waals surface area contributed by atoms with Gasteiger partial charge in [0.05, 0.1) is 16.6 Å². The molecule has 2 rings (SSSR count). The van der Waals surface area contributed by atoms with Crippen LogP contribution in [0.5, 0.6) is 0 Å². The Morgan fingerprint density at radius 3 is 2.48 bits per heavy atom. The number of amides is 1. The number of hydrogen-bond acceptors (Lipinski definition) is 5. The van der Waals surface area contributed by atoms with E-state index in [0.29, 0.717) is 11.5 Å². The summed E-state index contributed by atoms with van der Waals surface area (Å²) in [6.45, 7) is 8.16. The fourth-order valence-electron chi connectivity index (χ4n) is 2.45. The maximum absolute atomic E-state index is 12.7. The van der Waals surface area contributed by atoms with Gasteiger partial charge in [0, 0.05) is 16.7 Å². The lowest BCUT2D eigenvalue weighted by molar-refractivity contribution is 0.0931. The molecule has 0 aliphatic carbocycles. The summed E-state index contributed by atoms with van der Waals surface area (Å²) in [4.78, 5) is 18.5. The van der Waals surface area contributed by atoms with Crippen LogP contribution in [-0.2, 0) is 9.84 Å². The predicted octanol–water partition coefficient (Wildman–Crippen LogP) is 3.68. The molecular formula is C18H24N2O3S2. The van der Waals surface area contributed by atoms with E-state index in [0.717, 1.165) is 28.3 Å². The maximum atomic E-state index is 12.7. The topological polar surface area (TPSA) is 76.1 Å². The molecule has 0 saturated heterocycles. The van der Waals surface area contributed by atoms with Gasteiger partial charge in [-0.15, -0.1) is 11.3 Å². The molecule has 136 valence electrons. The molecule has 0 aliphatic rings. The van der Waals surface area contributed by atoms with Crippen LogP contribution in [0.1, 0.15) is 52.2 Å². The van der Waals surface area contributed by atoms with Gasteiger partial charge in [0.1, 0.15) is 5.01 Å². The average molecular weight is 381 g/mol. The number of nitrogens with zero attached hydrogens (tertiary/aromatic N) is 1. The normalized spacial score (nSPS) is 13.0. The molecule has 1 heterocycles. The quantitative estimate of drug-likeness (QED) is 0.829. The first kappa shape index (κ1) is 19.6. The van der Waals surface area contributed by atoms with E-state index in [1.165, 1.54) is 12.1 Å². The van der Waals surface area contributed by atoms with Crippen LogP contribution in [0.4, 0.5) is 0 Å². The van der Waals surface area contributed by atoms with Crippen molar-refractivity contribution in [1.29, 1.82) is 0 Å². The van der Waals surface area contributed by atoms with Gasteiger partial charge < -0.3 is 5.32 Å². The van der Waals surface area contributed by atoms with Crippen LogP contribution in [0, 0.1) is 19.8 Å². The van der Waals surface area contributed by atoms with Gasteiger partial charge in [-0.3, -0.25) is 4.79 Å². The van der Waals surface area contributed by atoms with Crippen LogP contribution in [0.3, 0.4) is 0 Å². The number of aryl methyl sites for hydroxylation is 2. The van der Waals surface area contributed by atoms with Crippen LogP contribution >= 0.6 is 11.3 Å². The van der Waals surface area contributed by atoms with Crippen molar-refractivity contribution in [2.75, 3.05) is 6.26 Å². The number of carbonyl (C=O) groups is 1. The Kier molecular flexibility index (Phi) is 6.00. The lowest BCUT2D eigenvalue weighted by Gasteiger charge is -2.19. The highest BCUT2D eigenvalue weighted by atomic mass is 32.2. The summed E-state index contributed by atoms with van der Waals surface area (Å²) < 4.78 is 23.4.